The highest BCUT2D eigenvalue weighted by molar-refractivity contribution is 5.83. The lowest BCUT2D eigenvalue weighted by Crippen LogP contribution is -2.45. The second-order valence-electron chi connectivity index (χ2n) is 6.40. The smallest absolute Gasteiger partial charge is 0.242 e. The van der Waals surface area contributed by atoms with Crippen LogP contribution in [0.2, 0.25) is 0 Å². The first kappa shape index (κ1) is 18.2. The number of para-hydroxylation sites is 1. The number of morpholine rings is 1. The van der Waals surface area contributed by atoms with Crippen molar-refractivity contribution < 1.29 is 9.53 Å². The van der Waals surface area contributed by atoms with E-state index in [2.05, 4.69) is 30.7 Å². The molecule has 1 aliphatic heterocycles. The van der Waals surface area contributed by atoms with E-state index in [4.69, 9.17) is 4.74 Å². The topological polar surface area (TPSA) is 98.1 Å². The Morgan fingerprint density at radius 1 is 1.14 bits per heavy atom. The molecular weight excluding hydrogens is 358 g/mol. The molecule has 1 aromatic carbocycles. The van der Waals surface area contributed by atoms with Crippen molar-refractivity contribution in [2.24, 2.45) is 0 Å². The Labute approximate surface area is 162 Å². The van der Waals surface area contributed by atoms with Gasteiger partial charge in [-0.15, -0.1) is 5.10 Å². The fourth-order valence-corrected chi connectivity index (χ4v) is 3.25. The number of aromatic nitrogens is 5. The number of hydrogen-bond acceptors (Lipinski definition) is 7. The normalized spacial score (nSPS) is 15.9. The fraction of sp³-hybridized carbons (Fsp3) is 0.316. The molecule has 1 amide bonds. The van der Waals surface area contributed by atoms with Gasteiger partial charge in [0, 0.05) is 25.5 Å². The fourth-order valence-electron chi connectivity index (χ4n) is 3.25. The van der Waals surface area contributed by atoms with Crippen molar-refractivity contribution in [2.45, 2.75) is 12.6 Å². The zero-order valence-corrected chi connectivity index (χ0v) is 15.3. The number of nitrogens with zero attached hydrogens (tertiary/aromatic N) is 6. The lowest BCUT2D eigenvalue weighted by Gasteiger charge is -2.33. The molecule has 3 heterocycles. The molecule has 9 nitrogen and oxygen atoms in total. The van der Waals surface area contributed by atoms with Gasteiger partial charge in [-0.05, 0) is 34.2 Å². The van der Waals surface area contributed by atoms with Gasteiger partial charge in [0.2, 0.25) is 5.91 Å². The Balaban J connectivity index is 1.50. The summed E-state index contributed by atoms with van der Waals surface area (Å²) in [5, 5.41) is 14.8. The first-order valence-electron chi connectivity index (χ1n) is 9.15. The Morgan fingerprint density at radius 2 is 1.96 bits per heavy atom. The van der Waals surface area contributed by atoms with Gasteiger partial charge in [0.15, 0.2) is 5.82 Å². The zero-order valence-electron chi connectivity index (χ0n) is 15.3. The van der Waals surface area contributed by atoms with Crippen LogP contribution < -0.4 is 5.32 Å². The van der Waals surface area contributed by atoms with Crippen LogP contribution in [0.5, 0.6) is 0 Å². The van der Waals surface area contributed by atoms with Gasteiger partial charge in [-0.3, -0.25) is 14.7 Å². The predicted molar refractivity (Wildman–Crippen MR) is 100 cm³/mol. The molecule has 144 valence electrons. The van der Waals surface area contributed by atoms with E-state index in [1.165, 1.54) is 0 Å². The van der Waals surface area contributed by atoms with Crippen LogP contribution >= 0.6 is 0 Å². The molecule has 0 aliphatic carbocycles. The molecular formula is C19H21N7O2. The average molecular weight is 379 g/mol. The van der Waals surface area contributed by atoms with Gasteiger partial charge < -0.3 is 10.1 Å². The van der Waals surface area contributed by atoms with Crippen molar-refractivity contribution in [1.82, 2.24) is 35.4 Å². The van der Waals surface area contributed by atoms with Crippen LogP contribution in [0.3, 0.4) is 0 Å². The van der Waals surface area contributed by atoms with Crippen molar-refractivity contribution in [3.63, 3.8) is 0 Å². The summed E-state index contributed by atoms with van der Waals surface area (Å²) in [5.41, 5.74) is 1.69. The number of carbonyl (C=O) groups is 1. The van der Waals surface area contributed by atoms with E-state index >= 15 is 0 Å². The quantitative estimate of drug-likeness (QED) is 0.675. The number of nitrogens with one attached hydrogen (secondary N) is 1. The molecule has 1 fully saturated rings. The number of rotatable bonds is 6. The van der Waals surface area contributed by atoms with Crippen molar-refractivity contribution in [1.29, 1.82) is 0 Å². The van der Waals surface area contributed by atoms with E-state index in [1.807, 2.05) is 42.5 Å². The van der Waals surface area contributed by atoms with Crippen molar-refractivity contribution in [3.05, 3.63) is 66.2 Å². The molecule has 0 radical (unpaired) electrons. The first-order valence-corrected chi connectivity index (χ1v) is 9.15. The third-order valence-corrected chi connectivity index (χ3v) is 4.61. The van der Waals surface area contributed by atoms with Crippen LogP contribution in [0.15, 0.2) is 54.9 Å². The van der Waals surface area contributed by atoms with Crippen LogP contribution in [-0.2, 0) is 16.1 Å². The molecule has 0 saturated carbocycles. The monoisotopic (exact) mass is 379 g/mol. The number of benzene rings is 1. The van der Waals surface area contributed by atoms with Gasteiger partial charge >= 0.3 is 0 Å². The van der Waals surface area contributed by atoms with Crippen LogP contribution in [0.1, 0.15) is 17.4 Å². The molecule has 1 N–H and O–H groups in total. The third kappa shape index (κ3) is 4.05. The van der Waals surface area contributed by atoms with Gasteiger partial charge in [-0.2, -0.15) is 4.68 Å². The van der Waals surface area contributed by atoms with Crippen LogP contribution in [-0.4, -0.2) is 62.3 Å². The van der Waals surface area contributed by atoms with Gasteiger partial charge in [0.1, 0.15) is 6.04 Å². The van der Waals surface area contributed by atoms with Gasteiger partial charge in [0.05, 0.1) is 25.4 Å². The third-order valence-electron chi connectivity index (χ3n) is 4.61. The standard InChI is InChI=1S/C19H21N7O2/c27-19(18(15-5-4-8-20-13-15)25-9-11-28-12-10-25)21-14-17-22-23-24-26(17)16-6-2-1-3-7-16/h1-8,13,18H,9-12,14H2,(H,21,27)/t18-/m0/s1. The number of hydrogen-bond donors (Lipinski definition) is 1. The molecule has 0 bridgehead atoms. The Bertz CT molecular complexity index is 895. The maximum absolute atomic E-state index is 13.1. The minimum absolute atomic E-state index is 0.113. The van der Waals surface area contributed by atoms with Gasteiger partial charge in [0.25, 0.3) is 0 Å². The lowest BCUT2D eigenvalue weighted by molar-refractivity contribution is -0.128. The molecule has 4 rings (SSSR count). The van der Waals surface area contributed by atoms with E-state index in [-0.39, 0.29) is 12.5 Å². The molecule has 2 aromatic heterocycles. The summed E-state index contributed by atoms with van der Waals surface area (Å²) in [6.07, 6.45) is 3.43. The summed E-state index contributed by atoms with van der Waals surface area (Å²) in [4.78, 5) is 19.4. The Kier molecular flexibility index (Phi) is 5.64. The van der Waals surface area contributed by atoms with E-state index < -0.39 is 6.04 Å². The van der Waals surface area contributed by atoms with Crippen LogP contribution in [0, 0.1) is 0 Å². The van der Waals surface area contributed by atoms with E-state index in [0.717, 1.165) is 11.3 Å². The van der Waals surface area contributed by atoms with Gasteiger partial charge in [-0.1, -0.05) is 24.3 Å². The molecule has 1 aliphatic rings. The molecule has 1 atom stereocenters. The Hall–Kier alpha value is -3.17. The lowest BCUT2D eigenvalue weighted by atomic mass is 10.1. The van der Waals surface area contributed by atoms with Gasteiger partial charge in [-0.25, -0.2) is 0 Å². The van der Waals surface area contributed by atoms with Crippen molar-refractivity contribution in [2.75, 3.05) is 26.3 Å². The molecule has 3 aromatic rings. The summed E-state index contributed by atoms with van der Waals surface area (Å²) < 4.78 is 7.05. The highest BCUT2D eigenvalue weighted by Crippen LogP contribution is 2.21. The highest BCUT2D eigenvalue weighted by atomic mass is 16.5. The molecule has 9 heteroatoms. The Morgan fingerprint density at radius 3 is 2.71 bits per heavy atom. The summed E-state index contributed by atoms with van der Waals surface area (Å²) in [7, 11) is 0. The number of pyridine rings is 1. The summed E-state index contributed by atoms with van der Waals surface area (Å²) in [6, 6.07) is 12.9. The van der Waals surface area contributed by atoms with Crippen LogP contribution in [0.25, 0.3) is 5.69 Å². The minimum atomic E-state index is -0.432. The maximum atomic E-state index is 13.1. The number of tetrazole rings is 1. The van der Waals surface area contributed by atoms with E-state index in [9.17, 15) is 4.79 Å². The average Bonchev–Trinajstić information content (AvgIpc) is 3.23. The number of amides is 1. The second kappa shape index (κ2) is 8.68. The molecule has 0 spiro atoms. The summed E-state index contributed by atoms with van der Waals surface area (Å²) in [6.45, 7) is 2.82. The maximum Gasteiger partial charge on any atom is 0.242 e. The number of carbonyl (C=O) groups excluding carboxylic acids is 1. The number of ether oxygens (including phenoxy) is 1. The minimum Gasteiger partial charge on any atom is -0.379 e. The van der Waals surface area contributed by atoms with Crippen LogP contribution in [0.4, 0.5) is 0 Å². The van der Waals surface area contributed by atoms with Crippen molar-refractivity contribution >= 4 is 5.91 Å². The molecule has 1 saturated heterocycles. The van der Waals surface area contributed by atoms with E-state index in [1.54, 1.807) is 17.1 Å². The highest BCUT2D eigenvalue weighted by Gasteiger charge is 2.29. The molecule has 28 heavy (non-hydrogen) atoms. The summed E-state index contributed by atoms with van der Waals surface area (Å²) >= 11 is 0. The summed E-state index contributed by atoms with van der Waals surface area (Å²) in [5.74, 6) is 0.448. The zero-order chi connectivity index (χ0) is 19.2. The largest absolute Gasteiger partial charge is 0.379 e. The van der Waals surface area contributed by atoms with Crippen molar-refractivity contribution in [3.8, 4) is 5.69 Å². The first-order chi connectivity index (χ1) is 13.8. The SMILES string of the molecule is O=C(NCc1nnnn1-c1ccccc1)[C@H](c1cccnc1)N1CCOCC1. The predicted octanol–water partition coefficient (Wildman–Crippen LogP) is 0.747. The second-order valence-corrected chi connectivity index (χ2v) is 6.40. The van der Waals surface area contributed by atoms with E-state index in [0.29, 0.717) is 32.1 Å². The molecule has 0 unspecified atom stereocenters.